The highest BCUT2D eigenvalue weighted by Crippen LogP contribution is 2.24. The molecule has 7 heteroatoms. The Morgan fingerprint density at radius 1 is 1.35 bits per heavy atom. The lowest BCUT2D eigenvalue weighted by Crippen LogP contribution is -2.57. The van der Waals surface area contributed by atoms with Gasteiger partial charge in [0.05, 0.1) is 17.0 Å². The van der Waals surface area contributed by atoms with Gasteiger partial charge in [0.25, 0.3) is 0 Å². The van der Waals surface area contributed by atoms with Gasteiger partial charge in [-0.2, -0.15) is 0 Å². The van der Waals surface area contributed by atoms with E-state index in [0.717, 1.165) is 12.5 Å². The van der Waals surface area contributed by atoms with E-state index in [1.807, 2.05) is 21.0 Å². The molecule has 146 valence electrons. The second-order valence-corrected chi connectivity index (χ2v) is 10.4. The van der Waals surface area contributed by atoms with Crippen molar-refractivity contribution in [3.05, 3.63) is 29.3 Å². The lowest BCUT2D eigenvalue weighted by molar-refractivity contribution is 0.353. The number of aliphatic imine (C=N–C) groups is 1. The Kier molecular flexibility index (Phi) is 6.21. The largest absolute Gasteiger partial charge is 0.378 e. The number of nitrogens with one attached hydrogen (secondary N) is 1. The van der Waals surface area contributed by atoms with Crippen molar-refractivity contribution in [3.63, 3.8) is 0 Å². The number of anilines is 1. The SMILES string of the molecule is CCNC(=NCc1ccc(N(C)C)cc1C)N1CCS(=O)(=O)C(C)(C)C1. The van der Waals surface area contributed by atoms with Crippen LogP contribution in [0.4, 0.5) is 5.69 Å². The first-order valence-corrected chi connectivity index (χ1v) is 10.7. The molecule has 0 saturated carbocycles. The van der Waals surface area contributed by atoms with E-state index in [9.17, 15) is 8.42 Å². The third-order valence-corrected chi connectivity index (χ3v) is 7.45. The number of benzene rings is 1. The highest BCUT2D eigenvalue weighted by molar-refractivity contribution is 7.92. The zero-order chi connectivity index (χ0) is 19.5. The molecule has 0 aliphatic carbocycles. The molecule has 1 aliphatic heterocycles. The molecule has 0 aromatic heterocycles. The zero-order valence-corrected chi connectivity index (χ0v) is 17.7. The van der Waals surface area contributed by atoms with Crippen LogP contribution in [0, 0.1) is 6.92 Å². The summed E-state index contributed by atoms with van der Waals surface area (Å²) in [4.78, 5) is 8.93. The summed E-state index contributed by atoms with van der Waals surface area (Å²) < 4.78 is 23.7. The van der Waals surface area contributed by atoms with Crippen LogP contribution in [0.5, 0.6) is 0 Å². The summed E-state index contributed by atoms with van der Waals surface area (Å²) in [5, 5.41) is 3.31. The summed E-state index contributed by atoms with van der Waals surface area (Å²) >= 11 is 0. The summed E-state index contributed by atoms with van der Waals surface area (Å²) in [7, 11) is 1.00. The third kappa shape index (κ3) is 4.50. The molecule has 0 amide bonds. The first-order chi connectivity index (χ1) is 12.1. The summed E-state index contributed by atoms with van der Waals surface area (Å²) in [5.41, 5.74) is 3.55. The van der Waals surface area contributed by atoms with Gasteiger partial charge in [-0.1, -0.05) is 6.07 Å². The predicted octanol–water partition coefficient (Wildman–Crippen LogP) is 2.04. The molecule has 1 saturated heterocycles. The molecule has 0 atom stereocenters. The second-order valence-electron chi connectivity index (χ2n) is 7.68. The fourth-order valence-electron chi connectivity index (χ4n) is 3.05. The first-order valence-electron chi connectivity index (χ1n) is 9.10. The molecule has 26 heavy (non-hydrogen) atoms. The average molecular weight is 381 g/mol. The van der Waals surface area contributed by atoms with Crippen molar-refractivity contribution in [2.24, 2.45) is 4.99 Å². The van der Waals surface area contributed by atoms with Crippen LogP contribution in [0.15, 0.2) is 23.2 Å². The van der Waals surface area contributed by atoms with Crippen molar-refractivity contribution in [2.45, 2.75) is 39.0 Å². The maximum atomic E-state index is 12.2. The molecule has 0 spiro atoms. The van der Waals surface area contributed by atoms with E-state index < -0.39 is 14.6 Å². The number of rotatable bonds is 4. The summed E-state index contributed by atoms with van der Waals surface area (Å²) in [6.07, 6.45) is 0. The summed E-state index contributed by atoms with van der Waals surface area (Å²) in [6, 6.07) is 6.37. The molecule has 1 heterocycles. The molecule has 0 bridgehead atoms. The monoisotopic (exact) mass is 380 g/mol. The van der Waals surface area contributed by atoms with Gasteiger partial charge in [-0.25, -0.2) is 13.4 Å². The van der Waals surface area contributed by atoms with Gasteiger partial charge in [0, 0.05) is 39.4 Å². The molecular weight excluding hydrogens is 348 g/mol. The van der Waals surface area contributed by atoms with Crippen LogP contribution >= 0.6 is 0 Å². The van der Waals surface area contributed by atoms with Gasteiger partial charge in [-0.3, -0.25) is 0 Å². The molecule has 1 aromatic carbocycles. The topological polar surface area (TPSA) is 65.0 Å². The van der Waals surface area contributed by atoms with E-state index in [4.69, 9.17) is 4.99 Å². The van der Waals surface area contributed by atoms with E-state index in [1.165, 1.54) is 16.8 Å². The predicted molar refractivity (Wildman–Crippen MR) is 110 cm³/mol. The lowest BCUT2D eigenvalue weighted by atomic mass is 10.1. The fourth-order valence-corrected chi connectivity index (χ4v) is 4.41. The quantitative estimate of drug-likeness (QED) is 0.640. The van der Waals surface area contributed by atoms with Gasteiger partial charge in [-0.05, 0) is 51.0 Å². The van der Waals surface area contributed by atoms with Crippen LogP contribution in [-0.4, -0.2) is 63.5 Å². The van der Waals surface area contributed by atoms with Gasteiger partial charge in [0.1, 0.15) is 0 Å². The molecule has 1 aliphatic rings. The Bertz CT molecular complexity index is 770. The Hall–Kier alpha value is -1.76. The first kappa shape index (κ1) is 20.6. The molecule has 1 N–H and O–H groups in total. The standard InChI is InChI=1S/C19H32N4O2S/c1-7-20-18(23-10-11-26(24,25)19(3,4)14-23)21-13-16-8-9-17(22(5)6)12-15(16)2/h8-9,12H,7,10-11,13-14H2,1-6H3,(H,20,21). The highest BCUT2D eigenvalue weighted by atomic mass is 32.2. The molecule has 2 rings (SSSR count). The van der Waals surface area contributed by atoms with Crippen LogP contribution in [0.1, 0.15) is 31.9 Å². The molecular formula is C19H32N4O2S. The Morgan fingerprint density at radius 3 is 2.58 bits per heavy atom. The van der Waals surface area contributed by atoms with Crippen LogP contribution in [0.25, 0.3) is 0 Å². The zero-order valence-electron chi connectivity index (χ0n) is 16.8. The minimum Gasteiger partial charge on any atom is -0.378 e. The smallest absolute Gasteiger partial charge is 0.194 e. The summed E-state index contributed by atoms with van der Waals surface area (Å²) in [6.45, 7) is 9.98. The van der Waals surface area contributed by atoms with Gasteiger partial charge >= 0.3 is 0 Å². The second kappa shape index (κ2) is 7.86. The molecule has 0 radical (unpaired) electrons. The maximum absolute atomic E-state index is 12.2. The average Bonchev–Trinajstić information content (AvgIpc) is 2.55. The van der Waals surface area contributed by atoms with Crippen LogP contribution in [-0.2, 0) is 16.4 Å². The van der Waals surface area contributed by atoms with Crippen molar-refractivity contribution < 1.29 is 8.42 Å². The van der Waals surface area contributed by atoms with Gasteiger partial charge < -0.3 is 15.1 Å². The molecule has 0 unspecified atom stereocenters. The van der Waals surface area contributed by atoms with Crippen LogP contribution in [0.3, 0.4) is 0 Å². The van der Waals surface area contributed by atoms with Crippen molar-refractivity contribution in [2.75, 3.05) is 44.4 Å². The lowest BCUT2D eigenvalue weighted by Gasteiger charge is -2.39. The van der Waals surface area contributed by atoms with E-state index in [2.05, 4.69) is 40.2 Å². The Morgan fingerprint density at radius 2 is 2.04 bits per heavy atom. The minimum absolute atomic E-state index is 0.168. The van der Waals surface area contributed by atoms with Crippen molar-refractivity contribution in [1.29, 1.82) is 0 Å². The number of hydrogen-bond donors (Lipinski definition) is 1. The van der Waals surface area contributed by atoms with Crippen molar-refractivity contribution in [1.82, 2.24) is 10.2 Å². The van der Waals surface area contributed by atoms with Gasteiger partial charge in [-0.15, -0.1) is 0 Å². The number of sulfone groups is 1. The van der Waals surface area contributed by atoms with Gasteiger partial charge in [0.2, 0.25) is 0 Å². The van der Waals surface area contributed by atoms with E-state index in [1.54, 1.807) is 13.8 Å². The van der Waals surface area contributed by atoms with Crippen molar-refractivity contribution >= 4 is 21.5 Å². The van der Waals surface area contributed by atoms with Crippen LogP contribution in [0.2, 0.25) is 0 Å². The molecule has 1 fully saturated rings. The Labute approximate surface area is 158 Å². The van der Waals surface area contributed by atoms with Crippen molar-refractivity contribution in [3.8, 4) is 0 Å². The maximum Gasteiger partial charge on any atom is 0.194 e. The van der Waals surface area contributed by atoms with E-state index in [0.29, 0.717) is 19.6 Å². The number of nitrogens with zero attached hydrogens (tertiary/aromatic N) is 3. The summed E-state index contributed by atoms with van der Waals surface area (Å²) in [5.74, 6) is 0.951. The van der Waals surface area contributed by atoms with Gasteiger partial charge in [0.15, 0.2) is 15.8 Å². The normalized spacial score (nSPS) is 19.3. The highest BCUT2D eigenvalue weighted by Gasteiger charge is 2.40. The minimum atomic E-state index is -3.06. The number of hydrogen-bond acceptors (Lipinski definition) is 4. The fraction of sp³-hybridized carbons (Fsp3) is 0.632. The number of aryl methyl sites for hydroxylation is 1. The van der Waals surface area contributed by atoms with E-state index >= 15 is 0 Å². The van der Waals surface area contributed by atoms with Crippen LogP contribution < -0.4 is 10.2 Å². The third-order valence-electron chi connectivity index (χ3n) is 4.92. The van der Waals surface area contributed by atoms with E-state index in [-0.39, 0.29) is 5.75 Å². The molecule has 6 nitrogen and oxygen atoms in total. The molecule has 1 aromatic rings. The Balaban J connectivity index is 2.20. The number of guanidine groups is 1.